The van der Waals surface area contributed by atoms with Gasteiger partial charge in [-0.15, -0.1) is 0 Å². The van der Waals surface area contributed by atoms with Crippen molar-refractivity contribution in [2.45, 2.75) is 13.0 Å². The van der Waals surface area contributed by atoms with Crippen LogP contribution in [0.1, 0.15) is 16.1 Å². The number of nitrogens with zero attached hydrogens (tertiary/aromatic N) is 1. The van der Waals surface area contributed by atoms with Gasteiger partial charge in [0.15, 0.2) is 6.04 Å². The number of aryl methyl sites for hydroxylation is 1. The van der Waals surface area contributed by atoms with Crippen molar-refractivity contribution >= 4 is 22.8 Å². The van der Waals surface area contributed by atoms with Gasteiger partial charge in [-0.05, 0) is 37.3 Å². The fourth-order valence-electron chi connectivity index (χ4n) is 3.19. The maximum atomic E-state index is 13.3. The van der Waals surface area contributed by atoms with E-state index in [1.165, 1.54) is 14.1 Å². The van der Waals surface area contributed by atoms with Gasteiger partial charge < -0.3 is 20.0 Å². The molecule has 3 rings (SSSR count). The molecule has 0 saturated heterocycles. The lowest BCUT2D eigenvalue weighted by Crippen LogP contribution is -2.60. The number of benzene rings is 2. The minimum atomic E-state index is -1.07. The van der Waals surface area contributed by atoms with Crippen LogP contribution in [0.2, 0.25) is 0 Å². The molecule has 28 heavy (non-hydrogen) atoms. The highest BCUT2D eigenvalue weighted by molar-refractivity contribution is 6.05. The van der Waals surface area contributed by atoms with Gasteiger partial charge in [0, 0.05) is 5.39 Å². The van der Waals surface area contributed by atoms with Crippen LogP contribution < -0.4 is 10.5 Å². The molecule has 0 bridgehead atoms. The number of quaternary nitrogens is 1. The summed E-state index contributed by atoms with van der Waals surface area (Å²) in [6.07, 6.45) is 0. The van der Waals surface area contributed by atoms with Crippen LogP contribution >= 0.6 is 0 Å². The summed E-state index contributed by atoms with van der Waals surface area (Å²) in [7, 11) is 3.08. The standard InChI is InChI=1S/C21H22N2O5/c1-13-19(21(26)23(2,3)17(12-24)20(22)25)16-11-15(9-10-18(16)27-13)28-14-7-5-4-6-8-14/h4-11,17,24H,12H2,1-3H3,(H-,22,25)/p+1. The van der Waals surface area contributed by atoms with Crippen LogP contribution in [0.4, 0.5) is 0 Å². The molecule has 3 aromatic rings. The molecule has 7 heteroatoms. The number of carbonyl (C=O) groups is 2. The molecule has 0 aliphatic rings. The molecular formula is C21H23N2O5+. The lowest BCUT2D eigenvalue weighted by atomic mass is 10.1. The second-order valence-corrected chi connectivity index (χ2v) is 7.05. The average molecular weight is 383 g/mol. The molecule has 0 fully saturated rings. The Hall–Kier alpha value is -3.16. The summed E-state index contributed by atoms with van der Waals surface area (Å²) in [4.78, 5) is 25.0. The number of amides is 2. The van der Waals surface area contributed by atoms with Crippen molar-refractivity contribution in [1.29, 1.82) is 0 Å². The number of likely N-dealkylation sites (N-methyl/N-ethyl adjacent to an activating group) is 1. The highest BCUT2D eigenvalue weighted by atomic mass is 16.5. The monoisotopic (exact) mass is 383 g/mol. The Balaban J connectivity index is 2.05. The number of aliphatic hydroxyl groups is 1. The predicted molar refractivity (Wildman–Crippen MR) is 104 cm³/mol. The molecule has 146 valence electrons. The summed E-state index contributed by atoms with van der Waals surface area (Å²) < 4.78 is 11.2. The maximum absolute atomic E-state index is 13.3. The number of hydrogen-bond donors (Lipinski definition) is 2. The third-order valence-corrected chi connectivity index (χ3v) is 4.83. The van der Waals surface area contributed by atoms with Crippen LogP contribution in [0.5, 0.6) is 11.5 Å². The lowest BCUT2D eigenvalue weighted by molar-refractivity contribution is -0.825. The first-order valence-corrected chi connectivity index (χ1v) is 8.80. The first kappa shape index (κ1) is 19.6. The number of rotatable bonds is 6. The highest BCUT2D eigenvalue weighted by Crippen LogP contribution is 2.33. The van der Waals surface area contributed by atoms with Crippen molar-refractivity contribution in [3.8, 4) is 11.5 Å². The largest absolute Gasteiger partial charge is 0.460 e. The SMILES string of the molecule is Cc1oc2ccc(Oc3ccccc3)cc2c1C(=O)[N+](C)(C)C(CO)C(N)=O. The molecule has 1 atom stereocenters. The van der Waals surface area contributed by atoms with E-state index >= 15 is 0 Å². The van der Waals surface area contributed by atoms with Gasteiger partial charge in [0.2, 0.25) is 0 Å². The number of hydrogen-bond acceptors (Lipinski definition) is 5. The van der Waals surface area contributed by atoms with Gasteiger partial charge in [-0.3, -0.25) is 4.79 Å². The molecule has 3 N–H and O–H groups in total. The van der Waals surface area contributed by atoms with E-state index in [9.17, 15) is 14.7 Å². The first-order chi connectivity index (χ1) is 13.3. The van der Waals surface area contributed by atoms with Gasteiger partial charge in [0.25, 0.3) is 5.91 Å². The zero-order valence-corrected chi connectivity index (χ0v) is 16.0. The van der Waals surface area contributed by atoms with E-state index in [1.807, 2.05) is 30.3 Å². The topological polar surface area (TPSA) is 103 Å². The Bertz CT molecular complexity index is 1020. The Labute approximate surface area is 162 Å². The third-order valence-electron chi connectivity index (χ3n) is 4.83. The lowest BCUT2D eigenvalue weighted by Gasteiger charge is -2.32. The molecule has 2 amide bonds. The quantitative estimate of drug-likeness (QED) is 0.637. The van der Waals surface area contributed by atoms with E-state index in [4.69, 9.17) is 14.9 Å². The number of ether oxygens (including phenoxy) is 1. The van der Waals surface area contributed by atoms with Crippen molar-refractivity contribution < 1.29 is 28.3 Å². The van der Waals surface area contributed by atoms with E-state index in [-0.39, 0.29) is 5.91 Å². The Morgan fingerprint density at radius 3 is 2.43 bits per heavy atom. The number of fused-ring (bicyclic) bond motifs is 1. The Morgan fingerprint density at radius 2 is 1.82 bits per heavy atom. The molecule has 0 radical (unpaired) electrons. The molecule has 0 aliphatic heterocycles. The minimum Gasteiger partial charge on any atom is -0.460 e. The molecule has 0 aliphatic carbocycles. The molecule has 0 spiro atoms. The maximum Gasteiger partial charge on any atom is 0.350 e. The summed E-state index contributed by atoms with van der Waals surface area (Å²) in [6.45, 7) is 1.15. The Morgan fingerprint density at radius 1 is 1.14 bits per heavy atom. The summed E-state index contributed by atoms with van der Waals surface area (Å²) in [5, 5.41) is 10.1. The number of aliphatic hydroxyl groups excluding tert-OH is 1. The normalized spacial score (nSPS) is 12.7. The van der Waals surface area contributed by atoms with Crippen LogP contribution in [-0.2, 0) is 4.79 Å². The highest BCUT2D eigenvalue weighted by Gasteiger charge is 2.42. The van der Waals surface area contributed by atoms with Crippen LogP contribution in [0.15, 0.2) is 52.9 Å². The number of nitrogens with two attached hydrogens (primary N) is 1. The fourth-order valence-corrected chi connectivity index (χ4v) is 3.19. The van der Waals surface area contributed by atoms with Gasteiger partial charge in [0.05, 0.1) is 14.1 Å². The molecule has 7 nitrogen and oxygen atoms in total. The smallest absolute Gasteiger partial charge is 0.350 e. The van der Waals surface area contributed by atoms with Crippen molar-refractivity contribution in [2.24, 2.45) is 5.73 Å². The van der Waals surface area contributed by atoms with E-state index in [0.29, 0.717) is 33.8 Å². The van der Waals surface area contributed by atoms with Gasteiger partial charge in [-0.2, -0.15) is 0 Å². The van der Waals surface area contributed by atoms with Crippen LogP contribution in [0, 0.1) is 6.92 Å². The van der Waals surface area contributed by atoms with Gasteiger partial charge in [-0.25, -0.2) is 9.28 Å². The number of furan rings is 1. The predicted octanol–water partition coefficient (Wildman–Crippen LogP) is 2.60. The van der Waals surface area contributed by atoms with Gasteiger partial charge >= 0.3 is 5.91 Å². The molecule has 2 aromatic carbocycles. The van der Waals surface area contributed by atoms with Crippen LogP contribution in [0.3, 0.4) is 0 Å². The van der Waals surface area contributed by atoms with E-state index in [0.717, 1.165) is 0 Å². The fraction of sp³-hybridized carbons (Fsp3) is 0.238. The van der Waals surface area contributed by atoms with Crippen molar-refractivity contribution in [2.75, 3.05) is 20.7 Å². The summed E-state index contributed by atoms with van der Waals surface area (Å²) in [5.74, 6) is 0.502. The van der Waals surface area contributed by atoms with Crippen LogP contribution in [-0.4, -0.2) is 48.1 Å². The zero-order chi connectivity index (χ0) is 20.5. The van der Waals surface area contributed by atoms with Crippen molar-refractivity contribution in [3.05, 3.63) is 59.9 Å². The zero-order valence-electron chi connectivity index (χ0n) is 16.0. The van der Waals surface area contributed by atoms with Gasteiger partial charge in [-0.1, -0.05) is 18.2 Å². The molecular weight excluding hydrogens is 360 g/mol. The van der Waals surface area contributed by atoms with E-state index in [2.05, 4.69) is 0 Å². The first-order valence-electron chi connectivity index (χ1n) is 8.80. The number of primary amides is 1. The summed E-state index contributed by atoms with van der Waals surface area (Å²) in [6, 6.07) is 13.4. The number of para-hydroxylation sites is 1. The van der Waals surface area contributed by atoms with Crippen LogP contribution in [0.25, 0.3) is 11.0 Å². The average Bonchev–Trinajstić information content (AvgIpc) is 2.97. The molecule has 1 aromatic heterocycles. The second kappa shape index (κ2) is 7.46. The van der Waals surface area contributed by atoms with Crippen molar-refractivity contribution in [3.63, 3.8) is 0 Å². The van der Waals surface area contributed by atoms with Crippen molar-refractivity contribution in [1.82, 2.24) is 0 Å². The van der Waals surface area contributed by atoms with E-state index < -0.39 is 23.0 Å². The number of carbonyl (C=O) groups excluding carboxylic acids is 2. The Kier molecular flexibility index (Phi) is 5.22. The molecule has 0 saturated carbocycles. The summed E-state index contributed by atoms with van der Waals surface area (Å²) >= 11 is 0. The molecule has 1 unspecified atom stereocenters. The summed E-state index contributed by atoms with van der Waals surface area (Å²) in [5.41, 5.74) is 6.24. The minimum absolute atomic E-state index is 0.332. The van der Waals surface area contributed by atoms with Gasteiger partial charge in [0.1, 0.15) is 35.0 Å². The second-order valence-electron chi connectivity index (χ2n) is 7.05. The third kappa shape index (κ3) is 3.49. The van der Waals surface area contributed by atoms with E-state index in [1.54, 1.807) is 25.1 Å². The molecule has 1 heterocycles.